The van der Waals surface area contributed by atoms with Gasteiger partial charge in [-0.05, 0) is 102 Å². The lowest BCUT2D eigenvalue weighted by Crippen LogP contribution is -2.46. The highest BCUT2D eigenvalue weighted by atomic mass is 32.2. The van der Waals surface area contributed by atoms with E-state index in [4.69, 9.17) is 25.9 Å². The molecule has 0 saturated heterocycles. The maximum Gasteiger partial charge on any atom is 0.485 e. The third-order valence-electron chi connectivity index (χ3n) is 11.8. The fourth-order valence-corrected chi connectivity index (χ4v) is 29.9. The normalized spacial score (nSPS) is 12.0. The van der Waals surface area contributed by atoms with E-state index in [1.54, 1.807) is 4.78 Å². The Morgan fingerprint density at radius 2 is 0.494 bits per heavy atom. The van der Waals surface area contributed by atoms with Crippen molar-refractivity contribution in [3.63, 3.8) is 0 Å². The Hall–Kier alpha value is -6.60. The Labute approximate surface area is 443 Å². The molecule has 0 atom stereocenters. The minimum atomic E-state index is -6.09. The third-order valence-corrected chi connectivity index (χ3v) is 30.0. The van der Waals surface area contributed by atoms with E-state index in [9.17, 15) is 35.1 Å². The highest BCUT2D eigenvalue weighted by Crippen LogP contribution is 2.79. The molecule has 9 aromatic carbocycles. The molecule has 0 N–H and O–H groups in total. The number of benzene rings is 9. The molecule has 0 radical (unpaired) electrons. The molecule has 6 nitrogen and oxygen atoms in total. The quantitative estimate of drug-likeness (QED) is 0.0583. The molecule has 77 heavy (non-hydrogen) atoms. The SMILES string of the molecule is CP(=C([P+](c1ccccc1)(c1ccccc1)c1ccccc1)[P+](c1ccccc1)(c1ccccc1)c1ccccc1)(c1ccccc1)c1ccccc1.Fc1ccccc1F.O=S(=O)([O-])C(F)(F)F.O=S(=O)([O-])C(F)(F)F. The zero-order chi connectivity index (χ0) is 56.0. The fourth-order valence-electron chi connectivity index (χ4n) is 8.59. The second-order valence-electron chi connectivity index (χ2n) is 16.5. The lowest BCUT2D eigenvalue weighted by atomic mass is 10.3. The van der Waals surface area contributed by atoms with Gasteiger partial charge in [-0.2, -0.15) is 26.3 Å². The van der Waals surface area contributed by atoms with Crippen LogP contribution in [0.4, 0.5) is 35.1 Å². The van der Waals surface area contributed by atoms with E-state index in [1.165, 1.54) is 54.6 Å². The molecule has 0 aliphatic heterocycles. The Bertz CT molecular complexity index is 3150. The maximum atomic E-state index is 11.9. The maximum absolute atomic E-state index is 11.9. The van der Waals surface area contributed by atoms with Gasteiger partial charge in [0.2, 0.25) is 4.78 Å². The van der Waals surface area contributed by atoms with Gasteiger partial charge in [-0.25, -0.2) is 25.6 Å². The van der Waals surface area contributed by atoms with Gasteiger partial charge in [0.15, 0.2) is 46.4 Å². The fraction of sp³-hybridized carbons (Fsp3) is 0.0517. The molecule has 0 fully saturated rings. The Morgan fingerprint density at radius 1 is 0.338 bits per heavy atom. The van der Waals surface area contributed by atoms with E-state index in [0.29, 0.717) is 0 Å². The summed E-state index contributed by atoms with van der Waals surface area (Å²) in [5, 5.41) is 11.0. The summed E-state index contributed by atoms with van der Waals surface area (Å²) in [5.41, 5.74) is -11.3. The molecule has 0 saturated carbocycles. The van der Waals surface area contributed by atoms with Gasteiger partial charge >= 0.3 is 11.0 Å². The summed E-state index contributed by atoms with van der Waals surface area (Å²) in [4.78, 5) is 0. The lowest BCUT2D eigenvalue weighted by molar-refractivity contribution is -0.0522. The van der Waals surface area contributed by atoms with Crippen LogP contribution in [0.3, 0.4) is 0 Å². The van der Waals surface area contributed by atoms with Crippen molar-refractivity contribution in [3.8, 4) is 0 Å². The van der Waals surface area contributed by atoms with Crippen molar-refractivity contribution in [2.75, 3.05) is 6.66 Å². The van der Waals surface area contributed by atoms with E-state index in [0.717, 1.165) is 12.1 Å². The van der Waals surface area contributed by atoms with Crippen LogP contribution in [0.1, 0.15) is 0 Å². The monoisotopic (exact) mass is 1150 g/mol. The van der Waals surface area contributed by atoms with Crippen LogP contribution in [0.25, 0.3) is 0 Å². The van der Waals surface area contributed by atoms with Crippen molar-refractivity contribution in [2.45, 2.75) is 11.0 Å². The second kappa shape index (κ2) is 25.7. The number of halogens is 8. The molecular weight excluding hydrogens is 1100 g/mol. The predicted molar refractivity (Wildman–Crippen MR) is 298 cm³/mol. The minimum Gasteiger partial charge on any atom is -0.741 e. The highest BCUT2D eigenvalue weighted by Gasteiger charge is 2.68. The molecule has 9 rings (SSSR count). The minimum absolute atomic E-state index is 0.799. The Morgan fingerprint density at radius 3 is 0.649 bits per heavy atom. The average Bonchev–Trinajstić information content (AvgIpc) is 3.62. The van der Waals surface area contributed by atoms with Crippen LogP contribution in [-0.2, 0) is 20.2 Å². The van der Waals surface area contributed by atoms with Crippen molar-refractivity contribution < 1.29 is 61.1 Å². The van der Waals surface area contributed by atoms with E-state index in [2.05, 4.69) is 249 Å². The van der Waals surface area contributed by atoms with Crippen LogP contribution in [0, 0.1) is 11.6 Å². The van der Waals surface area contributed by atoms with E-state index in [-0.39, 0.29) is 0 Å². The molecule has 0 unspecified atom stereocenters. The van der Waals surface area contributed by atoms with Gasteiger partial charge in [-0.3, -0.25) is 0 Å². The summed E-state index contributed by atoms with van der Waals surface area (Å²) in [6.07, 6.45) is 0. The molecule has 0 spiro atoms. The van der Waals surface area contributed by atoms with Gasteiger partial charge in [0.05, 0.1) is 0 Å². The van der Waals surface area contributed by atoms with E-state index >= 15 is 0 Å². The van der Waals surface area contributed by atoms with Gasteiger partial charge < -0.3 is 9.11 Å². The van der Waals surface area contributed by atoms with Crippen LogP contribution in [-0.4, -0.2) is 48.4 Å². The molecule has 9 aromatic rings. The zero-order valence-electron chi connectivity index (χ0n) is 40.5. The molecule has 0 aliphatic carbocycles. The number of hydrogen-bond donors (Lipinski definition) is 0. The summed E-state index contributed by atoms with van der Waals surface area (Å²) >= 11 is 0. The molecular formula is C58H47F8O6P3S2. The summed E-state index contributed by atoms with van der Waals surface area (Å²) in [6, 6.07) is 97.1. The summed E-state index contributed by atoms with van der Waals surface area (Å²) in [5.74, 6) is -1.60. The average molecular weight is 1150 g/mol. The zero-order valence-corrected chi connectivity index (χ0v) is 44.9. The van der Waals surface area contributed by atoms with Gasteiger partial charge in [-0.15, -0.1) is 0 Å². The highest BCUT2D eigenvalue weighted by molar-refractivity contribution is 8.39. The van der Waals surface area contributed by atoms with Crippen molar-refractivity contribution >= 4 is 88.9 Å². The Balaban J connectivity index is 0.000000330. The molecule has 398 valence electrons. The van der Waals surface area contributed by atoms with Crippen LogP contribution in [0.2, 0.25) is 0 Å². The van der Waals surface area contributed by atoms with Crippen LogP contribution >= 0.6 is 21.4 Å². The first kappa shape index (κ1) is 59.6. The lowest BCUT2D eigenvalue weighted by Gasteiger charge is -2.41. The van der Waals surface area contributed by atoms with Gasteiger partial charge in [0.25, 0.3) is 0 Å². The van der Waals surface area contributed by atoms with Gasteiger partial charge in [0.1, 0.15) is 31.8 Å². The van der Waals surface area contributed by atoms with Gasteiger partial charge in [-0.1, -0.05) is 182 Å². The van der Waals surface area contributed by atoms with Crippen molar-refractivity contribution in [1.29, 1.82) is 0 Å². The van der Waals surface area contributed by atoms with E-state index < -0.39 is 64.3 Å². The number of alkyl halides is 6. The summed E-state index contributed by atoms with van der Waals surface area (Å²) in [6.45, 7) is 0.134. The number of rotatable bonds is 10. The molecule has 0 heterocycles. The van der Waals surface area contributed by atoms with Crippen molar-refractivity contribution in [3.05, 3.63) is 279 Å². The van der Waals surface area contributed by atoms with E-state index in [1.807, 2.05) is 0 Å². The summed E-state index contributed by atoms with van der Waals surface area (Å²) in [7, 11) is -17.6. The first-order valence-electron chi connectivity index (χ1n) is 22.9. The molecule has 0 bridgehead atoms. The van der Waals surface area contributed by atoms with Crippen molar-refractivity contribution in [2.24, 2.45) is 0 Å². The Kier molecular flexibility index (Phi) is 19.9. The molecule has 0 amide bonds. The summed E-state index contributed by atoms with van der Waals surface area (Å²) < 4.78 is 143. The third kappa shape index (κ3) is 13.6. The van der Waals surface area contributed by atoms with Crippen molar-refractivity contribution in [1.82, 2.24) is 0 Å². The standard InChI is InChI=1S/C50H43P3.C6H4F2.2CHF3O3S/c1-51(42-26-10-2-11-27-42,43-28-12-3-13-29-43)50(52(44-30-14-4-15-31-44,45-32-16-5-17-33-45)46-34-18-6-19-35-46)53(47-36-20-7-21-37-47,48-38-22-8-23-39-48)49-40-24-9-25-41-49;7-5-3-1-2-4-6(5)8;2*2-1(3,4)8(5,6)7/h2-41H,1H3;1-4H;2*(H,5,6,7)/q+2;;;/p-2. The van der Waals surface area contributed by atoms with Crippen LogP contribution in [0.15, 0.2) is 267 Å². The second-order valence-corrected chi connectivity index (χ2v) is 30.5. The molecule has 19 heteroatoms. The number of hydrogen-bond acceptors (Lipinski definition) is 6. The van der Waals surface area contributed by atoms with Crippen LogP contribution < -0.4 is 42.4 Å². The first-order chi connectivity index (χ1) is 36.5. The smallest absolute Gasteiger partial charge is 0.485 e. The topological polar surface area (TPSA) is 114 Å². The predicted octanol–water partition coefficient (Wildman–Crippen LogP) is 11.4. The first-order valence-corrected chi connectivity index (χ1v) is 31.6. The van der Waals surface area contributed by atoms with Crippen LogP contribution in [0.5, 0.6) is 0 Å². The largest absolute Gasteiger partial charge is 0.741 e. The van der Waals surface area contributed by atoms with Gasteiger partial charge in [0, 0.05) is 6.89 Å². The molecule has 0 aromatic heterocycles. The molecule has 0 aliphatic rings.